The Kier molecular flexibility index (Phi) is 5.33. The molecule has 0 fully saturated rings. The number of nitrogens with two attached hydrogens (primary N) is 1. The number of rotatable bonds is 5. The molecule has 0 spiro atoms. The van der Waals surface area contributed by atoms with E-state index in [0.29, 0.717) is 5.96 Å². The molecule has 0 aliphatic carbocycles. The summed E-state index contributed by atoms with van der Waals surface area (Å²) in [6.07, 6.45) is 0.999. The summed E-state index contributed by atoms with van der Waals surface area (Å²) >= 11 is 0. The summed E-state index contributed by atoms with van der Waals surface area (Å²) in [5.74, 6) is 1.35. The van der Waals surface area contributed by atoms with E-state index in [4.69, 9.17) is 10.5 Å². The van der Waals surface area contributed by atoms with Crippen molar-refractivity contribution in [2.75, 3.05) is 13.7 Å². The fourth-order valence-electron chi connectivity index (χ4n) is 1.48. The number of hydrogen-bond acceptors (Lipinski definition) is 2. The molecule has 1 rings (SSSR count). The summed E-state index contributed by atoms with van der Waals surface area (Å²) in [5.41, 5.74) is 6.92. The fourth-order valence-corrected chi connectivity index (χ4v) is 1.48. The van der Waals surface area contributed by atoms with Crippen molar-refractivity contribution in [3.05, 3.63) is 29.8 Å². The van der Waals surface area contributed by atoms with E-state index in [9.17, 15) is 0 Å². The molecule has 94 valence electrons. The summed E-state index contributed by atoms with van der Waals surface area (Å²) in [4.78, 5) is 4.20. The van der Waals surface area contributed by atoms with E-state index in [-0.39, 0.29) is 6.04 Å². The quantitative estimate of drug-likeness (QED) is 0.606. The summed E-state index contributed by atoms with van der Waals surface area (Å²) in [5, 5.41) is 3.16. The molecule has 0 aliphatic heterocycles. The first kappa shape index (κ1) is 13.4. The van der Waals surface area contributed by atoms with E-state index >= 15 is 0 Å². The van der Waals surface area contributed by atoms with Gasteiger partial charge in [-0.25, -0.2) is 0 Å². The van der Waals surface area contributed by atoms with Crippen LogP contribution < -0.4 is 15.8 Å². The number of hydrogen-bond donors (Lipinski definition) is 2. The first-order chi connectivity index (χ1) is 8.17. The van der Waals surface area contributed by atoms with Crippen LogP contribution in [0.25, 0.3) is 0 Å². The van der Waals surface area contributed by atoms with Crippen molar-refractivity contribution in [2.45, 2.75) is 26.3 Å². The minimum atomic E-state index is 0.140. The molecule has 0 bridgehead atoms. The predicted octanol–water partition coefficient (Wildman–Crippen LogP) is 2.07. The number of benzene rings is 1. The molecule has 4 heteroatoms. The topological polar surface area (TPSA) is 59.6 Å². The number of ether oxygens (including phenoxy) is 1. The first-order valence-electron chi connectivity index (χ1n) is 5.87. The predicted molar refractivity (Wildman–Crippen MR) is 71.3 cm³/mol. The Morgan fingerprint density at radius 2 is 2.06 bits per heavy atom. The molecular weight excluding hydrogens is 214 g/mol. The average molecular weight is 235 g/mol. The lowest BCUT2D eigenvalue weighted by atomic mass is 10.1. The van der Waals surface area contributed by atoms with Gasteiger partial charge >= 0.3 is 0 Å². The van der Waals surface area contributed by atoms with Crippen LogP contribution in [0.5, 0.6) is 5.75 Å². The van der Waals surface area contributed by atoms with E-state index in [0.717, 1.165) is 24.3 Å². The zero-order valence-electron chi connectivity index (χ0n) is 10.7. The SMILES string of the molecule is CCCN=C(N)NC(C)c1ccc(OC)cc1. The lowest BCUT2D eigenvalue weighted by Gasteiger charge is -2.15. The number of nitrogens with zero attached hydrogens (tertiary/aromatic N) is 1. The van der Waals surface area contributed by atoms with E-state index in [1.807, 2.05) is 24.3 Å². The van der Waals surface area contributed by atoms with Crippen LogP contribution in [0.15, 0.2) is 29.3 Å². The minimum absolute atomic E-state index is 0.140. The van der Waals surface area contributed by atoms with Crippen LogP contribution in [0.4, 0.5) is 0 Å². The molecule has 3 N–H and O–H groups in total. The van der Waals surface area contributed by atoms with Gasteiger partial charge < -0.3 is 15.8 Å². The fraction of sp³-hybridized carbons (Fsp3) is 0.462. The first-order valence-corrected chi connectivity index (χ1v) is 5.87. The molecule has 1 unspecified atom stereocenters. The summed E-state index contributed by atoms with van der Waals surface area (Å²) in [7, 11) is 1.66. The molecule has 0 aliphatic rings. The van der Waals surface area contributed by atoms with Crippen molar-refractivity contribution in [3.63, 3.8) is 0 Å². The average Bonchev–Trinajstić information content (AvgIpc) is 2.36. The Bertz CT molecular complexity index is 359. The third-order valence-electron chi connectivity index (χ3n) is 2.49. The van der Waals surface area contributed by atoms with Gasteiger partial charge in [0, 0.05) is 6.54 Å². The number of methoxy groups -OCH3 is 1. The van der Waals surface area contributed by atoms with E-state index < -0.39 is 0 Å². The maximum atomic E-state index is 5.77. The highest BCUT2D eigenvalue weighted by atomic mass is 16.5. The van der Waals surface area contributed by atoms with E-state index in [1.54, 1.807) is 7.11 Å². The van der Waals surface area contributed by atoms with Gasteiger partial charge in [0.25, 0.3) is 0 Å². The van der Waals surface area contributed by atoms with Gasteiger partial charge in [-0.3, -0.25) is 4.99 Å². The molecule has 1 atom stereocenters. The van der Waals surface area contributed by atoms with Crippen molar-refractivity contribution in [2.24, 2.45) is 10.7 Å². The summed E-state index contributed by atoms with van der Waals surface area (Å²) in [6, 6.07) is 8.05. The van der Waals surface area contributed by atoms with Crippen molar-refractivity contribution in [1.29, 1.82) is 0 Å². The second-order valence-corrected chi connectivity index (χ2v) is 3.91. The van der Waals surface area contributed by atoms with Gasteiger partial charge in [-0.15, -0.1) is 0 Å². The molecular formula is C13H21N3O. The van der Waals surface area contributed by atoms with Crippen LogP contribution in [-0.4, -0.2) is 19.6 Å². The van der Waals surface area contributed by atoms with Gasteiger partial charge in [0.1, 0.15) is 5.75 Å². The molecule has 0 heterocycles. The minimum Gasteiger partial charge on any atom is -0.497 e. The lowest BCUT2D eigenvalue weighted by Crippen LogP contribution is -2.33. The largest absolute Gasteiger partial charge is 0.497 e. The van der Waals surface area contributed by atoms with Gasteiger partial charge in [-0.1, -0.05) is 19.1 Å². The number of guanidine groups is 1. The molecule has 0 amide bonds. The Morgan fingerprint density at radius 3 is 2.59 bits per heavy atom. The van der Waals surface area contributed by atoms with Gasteiger partial charge in [0.15, 0.2) is 5.96 Å². The smallest absolute Gasteiger partial charge is 0.189 e. The monoisotopic (exact) mass is 235 g/mol. The molecule has 17 heavy (non-hydrogen) atoms. The molecule has 1 aromatic carbocycles. The third kappa shape index (κ3) is 4.34. The van der Waals surface area contributed by atoms with Crippen molar-refractivity contribution in [1.82, 2.24) is 5.32 Å². The van der Waals surface area contributed by atoms with E-state index in [2.05, 4.69) is 24.2 Å². The lowest BCUT2D eigenvalue weighted by molar-refractivity contribution is 0.414. The Balaban J connectivity index is 2.59. The van der Waals surface area contributed by atoms with Gasteiger partial charge in [0.05, 0.1) is 13.2 Å². The molecule has 0 saturated heterocycles. The van der Waals surface area contributed by atoms with Crippen LogP contribution in [0.1, 0.15) is 31.9 Å². The van der Waals surface area contributed by atoms with Crippen LogP contribution in [-0.2, 0) is 0 Å². The highest BCUT2D eigenvalue weighted by Crippen LogP contribution is 2.16. The summed E-state index contributed by atoms with van der Waals surface area (Å²) < 4.78 is 5.11. The van der Waals surface area contributed by atoms with Crippen LogP contribution in [0, 0.1) is 0 Å². The zero-order chi connectivity index (χ0) is 12.7. The molecule has 0 aromatic heterocycles. The van der Waals surface area contributed by atoms with Crippen molar-refractivity contribution in [3.8, 4) is 5.75 Å². The molecule has 0 radical (unpaired) electrons. The zero-order valence-corrected chi connectivity index (χ0v) is 10.7. The maximum absolute atomic E-state index is 5.77. The molecule has 4 nitrogen and oxygen atoms in total. The highest BCUT2D eigenvalue weighted by molar-refractivity contribution is 5.78. The maximum Gasteiger partial charge on any atom is 0.189 e. The van der Waals surface area contributed by atoms with Crippen LogP contribution in [0.3, 0.4) is 0 Å². The Labute approximate surface area is 103 Å². The summed E-state index contributed by atoms with van der Waals surface area (Å²) in [6.45, 7) is 4.88. The van der Waals surface area contributed by atoms with Gasteiger partial charge in [0.2, 0.25) is 0 Å². The van der Waals surface area contributed by atoms with Crippen molar-refractivity contribution >= 4 is 5.96 Å². The van der Waals surface area contributed by atoms with Crippen LogP contribution >= 0.6 is 0 Å². The second-order valence-electron chi connectivity index (χ2n) is 3.91. The number of aliphatic imine (C=N–C) groups is 1. The van der Waals surface area contributed by atoms with E-state index in [1.165, 1.54) is 0 Å². The van der Waals surface area contributed by atoms with Gasteiger partial charge in [-0.2, -0.15) is 0 Å². The normalized spacial score (nSPS) is 13.2. The highest BCUT2D eigenvalue weighted by Gasteiger charge is 2.05. The third-order valence-corrected chi connectivity index (χ3v) is 2.49. The molecule has 1 aromatic rings. The van der Waals surface area contributed by atoms with Crippen LogP contribution in [0.2, 0.25) is 0 Å². The van der Waals surface area contributed by atoms with Gasteiger partial charge in [-0.05, 0) is 31.0 Å². The standard InChI is InChI=1S/C13H21N3O/c1-4-9-15-13(14)16-10(2)11-5-7-12(17-3)8-6-11/h5-8,10H,4,9H2,1-3H3,(H3,14,15,16). The second kappa shape index (κ2) is 6.78. The Morgan fingerprint density at radius 1 is 1.41 bits per heavy atom. The van der Waals surface area contributed by atoms with Crippen molar-refractivity contribution < 1.29 is 4.74 Å². The Hall–Kier alpha value is -1.71. The molecule has 0 saturated carbocycles. The number of nitrogens with one attached hydrogen (secondary N) is 1.